The lowest BCUT2D eigenvalue weighted by molar-refractivity contribution is -0.138. The molecule has 0 radical (unpaired) electrons. The predicted molar refractivity (Wildman–Crippen MR) is 95.5 cm³/mol. The summed E-state index contributed by atoms with van der Waals surface area (Å²) in [6.07, 6.45) is -4.53. The van der Waals surface area contributed by atoms with Crippen LogP contribution in [0, 0.1) is 13.8 Å². The van der Waals surface area contributed by atoms with E-state index < -0.39 is 17.6 Å². The van der Waals surface area contributed by atoms with E-state index in [1.54, 1.807) is 0 Å². The molecule has 146 valence electrons. The topological polar surface area (TPSA) is 41.4 Å². The van der Waals surface area contributed by atoms with Crippen molar-refractivity contribution in [3.05, 3.63) is 52.8 Å². The number of amides is 1. The van der Waals surface area contributed by atoms with Crippen LogP contribution < -0.4 is 0 Å². The van der Waals surface area contributed by atoms with Crippen LogP contribution in [0.25, 0.3) is 0 Å². The Kier molecular flexibility index (Phi) is 5.55. The van der Waals surface area contributed by atoms with Crippen molar-refractivity contribution in [3.63, 3.8) is 0 Å². The Balaban J connectivity index is 1.58. The lowest BCUT2D eigenvalue weighted by Crippen LogP contribution is -2.49. The predicted octanol–water partition coefficient (Wildman–Crippen LogP) is 2.98. The molecule has 3 rings (SSSR count). The van der Waals surface area contributed by atoms with Crippen LogP contribution in [0.15, 0.2) is 30.3 Å². The fraction of sp³-hybridized carbons (Fsp3) is 0.474. The van der Waals surface area contributed by atoms with Gasteiger partial charge in [-0.2, -0.15) is 18.3 Å². The van der Waals surface area contributed by atoms with E-state index in [0.29, 0.717) is 26.2 Å². The minimum Gasteiger partial charge on any atom is -0.336 e. The Bertz CT molecular complexity index is 808. The molecule has 1 amide bonds. The molecule has 0 saturated carbocycles. The van der Waals surface area contributed by atoms with Gasteiger partial charge in [-0.15, -0.1) is 0 Å². The molecule has 1 aliphatic heterocycles. The van der Waals surface area contributed by atoms with Gasteiger partial charge < -0.3 is 4.90 Å². The second-order valence-electron chi connectivity index (χ2n) is 6.83. The zero-order chi connectivity index (χ0) is 19.6. The first-order valence-corrected chi connectivity index (χ1v) is 8.94. The normalized spacial score (nSPS) is 16.0. The van der Waals surface area contributed by atoms with Gasteiger partial charge >= 0.3 is 6.18 Å². The Hall–Kier alpha value is -2.35. The second kappa shape index (κ2) is 7.72. The molecule has 1 aromatic carbocycles. The smallest absolute Gasteiger partial charge is 0.336 e. The van der Waals surface area contributed by atoms with Gasteiger partial charge in [-0.3, -0.25) is 14.4 Å². The molecule has 0 aliphatic carbocycles. The van der Waals surface area contributed by atoms with Gasteiger partial charge in [0.2, 0.25) is 0 Å². The lowest BCUT2D eigenvalue weighted by atomic mass is 10.1. The van der Waals surface area contributed by atoms with Crippen LogP contribution in [-0.2, 0) is 12.7 Å². The summed E-state index contributed by atoms with van der Waals surface area (Å²) in [7, 11) is 0. The highest BCUT2D eigenvalue weighted by molar-refractivity contribution is 5.96. The van der Waals surface area contributed by atoms with Crippen molar-refractivity contribution in [3.8, 4) is 0 Å². The number of carbonyl (C=O) groups is 1. The number of piperazine rings is 1. The number of aromatic nitrogens is 2. The number of rotatable bonds is 4. The highest BCUT2D eigenvalue weighted by Crippen LogP contribution is 2.32. The van der Waals surface area contributed by atoms with Crippen molar-refractivity contribution in [2.24, 2.45) is 0 Å². The highest BCUT2D eigenvalue weighted by atomic mass is 19.4. The van der Waals surface area contributed by atoms with Crippen LogP contribution in [0.3, 0.4) is 0 Å². The Morgan fingerprint density at radius 2 is 1.74 bits per heavy atom. The first-order chi connectivity index (χ1) is 12.8. The van der Waals surface area contributed by atoms with Crippen LogP contribution >= 0.6 is 0 Å². The van der Waals surface area contributed by atoms with Crippen LogP contribution in [0.1, 0.15) is 27.3 Å². The second-order valence-corrected chi connectivity index (χ2v) is 6.83. The van der Waals surface area contributed by atoms with Gasteiger partial charge in [0, 0.05) is 38.4 Å². The molecular weight excluding hydrogens is 357 g/mol. The Morgan fingerprint density at radius 1 is 1.07 bits per heavy atom. The van der Waals surface area contributed by atoms with Crippen LogP contribution in [0.4, 0.5) is 13.2 Å². The maximum atomic E-state index is 13.1. The van der Waals surface area contributed by atoms with E-state index in [4.69, 9.17) is 0 Å². The molecule has 0 unspecified atom stereocenters. The number of alkyl halides is 3. The van der Waals surface area contributed by atoms with Gasteiger partial charge in [-0.05, 0) is 32.0 Å². The molecule has 1 aliphatic rings. The van der Waals surface area contributed by atoms with E-state index in [-0.39, 0.29) is 5.56 Å². The van der Waals surface area contributed by atoms with E-state index in [0.717, 1.165) is 30.5 Å². The van der Waals surface area contributed by atoms with E-state index >= 15 is 0 Å². The van der Waals surface area contributed by atoms with E-state index in [9.17, 15) is 18.0 Å². The van der Waals surface area contributed by atoms with Crippen molar-refractivity contribution < 1.29 is 18.0 Å². The highest BCUT2D eigenvalue weighted by Gasteiger charge is 2.36. The fourth-order valence-electron chi connectivity index (χ4n) is 3.40. The minimum absolute atomic E-state index is 0.277. The SMILES string of the molecule is Cc1cc(C)n(CCN2CCN(C(=O)c3ccccc3C(F)(F)F)CC2)n1. The molecular formula is C19H23F3N4O. The third kappa shape index (κ3) is 4.50. The number of halogens is 3. The van der Waals surface area contributed by atoms with Gasteiger partial charge in [-0.1, -0.05) is 12.1 Å². The summed E-state index contributed by atoms with van der Waals surface area (Å²) in [6.45, 7) is 7.62. The third-order valence-corrected chi connectivity index (χ3v) is 4.85. The number of benzene rings is 1. The molecule has 0 bridgehead atoms. The number of hydrogen-bond donors (Lipinski definition) is 0. The summed E-state index contributed by atoms with van der Waals surface area (Å²) >= 11 is 0. The van der Waals surface area contributed by atoms with Gasteiger partial charge in [0.05, 0.1) is 23.4 Å². The van der Waals surface area contributed by atoms with Crippen LogP contribution in [0.5, 0.6) is 0 Å². The van der Waals surface area contributed by atoms with Crippen LogP contribution in [0.2, 0.25) is 0 Å². The average molecular weight is 380 g/mol. The maximum absolute atomic E-state index is 13.1. The number of hydrogen-bond acceptors (Lipinski definition) is 3. The van der Waals surface area contributed by atoms with Crippen molar-refractivity contribution in [1.82, 2.24) is 19.6 Å². The maximum Gasteiger partial charge on any atom is 0.417 e. The van der Waals surface area contributed by atoms with E-state index in [1.165, 1.54) is 23.1 Å². The fourth-order valence-corrected chi connectivity index (χ4v) is 3.40. The summed E-state index contributed by atoms with van der Waals surface area (Å²) in [5.41, 5.74) is 0.930. The van der Waals surface area contributed by atoms with Crippen molar-refractivity contribution in [2.45, 2.75) is 26.6 Å². The third-order valence-electron chi connectivity index (χ3n) is 4.85. The quantitative estimate of drug-likeness (QED) is 0.819. The molecule has 8 heteroatoms. The molecule has 1 fully saturated rings. The summed E-state index contributed by atoms with van der Waals surface area (Å²) in [5, 5.41) is 4.43. The molecule has 5 nitrogen and oxygen atoms in total. The number of carbonyl (C=O) groups excluding carboxylic acids is 1. The van der Waals surface area contributed by atoms with Crippen molar-refractivity contribution >= 4 is 5.91 Å². The molecule has 1 saturated heterocycles. The molecule has 1 aromatic heterocycles. The molecule has 0 spiro atoms. The molecule has 0 atom stereocenters. The van der Waals surface area contributed by atoms with Gasteiger partial charge in [0.1, 0.15) is 0 Å². The van der Waals surface area contributed by atoms with Crippen molar-refractivity contribution in [2.75, 3.05) is 32.7 Å². The summed E-state index contributed by atoms with van der Waals surface area (Å²) in [5.74, 6) is -0.555. The molecule has 2 heterocycles. The molecule has 0 N–H and O–H groups in total. The van der Waals surface area contributed by atoms with Gasteiger partial charge in [-0.25, -0.2) is 0 Å². The minimum atomic E-state index is -4.53. The van der Waals surface area contributed by atoms with E-state index in [1.807, 2.05) is 24.6 Å². The standard InChI is InChI=1S/C19H23F3N4O/c1-14-13-15(2)26(23-14)12-9-24-7-10-25(11-8-24)18(27)16-5-3-4-6-17(16)19(20,21)22/h3-6,13H,7-12H2,1-2H3. The average Bonchev–Trinajstić information content (AvgIpc) is 2.96. The summed E-state index contributed by atoms with van der Waals surface area (Å²) < 4.78 is 41.4. The van der Waals surface area contributed by atoms with Gasteiger partial charge in [0.25, 0.3) is 5.91 Å². The summed E-state index contributed by atoms with van der Waals surface area (Å²) in [4.78, 5) is 16.3. The lowest BCUT2D eigenvalue weighted by Gasteiger charge is -2.35. The first-order valence-electron chi connectivity index (χ1n) is 8.94. The zero-order valence-electron chi connectivity index (χ0n) is 15.5. The van der Waals surface area contributed by atoms with Crippen molar-refractivity contribution in [1.29, 1.82) is 0 Å². The first kappa shape index (κ1) is 19.4. The Labute approximate surface area is 156 Å². The molecule has 27 heavy (non-hydrogen) atoms. The number of aryl methyl sites for hydroxylation is 2. The largest absolute Gasteiger partial charge is 0.417 e. The van der Waals surface area contributed by atoms with E-state index in [2.05, 4.69) is 10.00 Å². The summed E-state index contributed by atoms with van der Waals surface area (Å²) in [6, 6.07) is 7.00. The molecule has 2 aromatic rings. The number of nitrogens with zero attached hydrogens (tertiary/aromatic N) is 4. The zero-order valence-corrected chi connectivity index (χ0v) is 15.5. The Morgan fingerprint density at radius 3 is 2.33 bits per heavy atom. The van der Waals surface area contributed by atoms with Gasteiger partial charge in [0.15, 0.2) is 0 Å². The monoisotopic (exact) mass is 380 g/mol. The van der Waals surface area contributed by atoms with Crippen LogP contribution in [-0.4, -0.2) is 58.2 Å².